The van der Waals surface area contributed by atoms with Crippen molar-refractivity contribution in [3.05, 3.63) is 157 Å². The molecule has 1 nitrogen and oxygen atoms in total. The Morgan fingerprint density at radius 1 is 0.765 bits per heavy atom. The minimum atomic E-state index is 1.02. The SMILES string of the molecule is C=C/C=C(\C=C)C1=CC=C(Nc2ccccc2)CC1.C=C/C=C(\C=C/C)c1ccccc1.CC. The Labute approximate surface area is 207 Å². The zero-order valence-electron chi connectivity index (χ0n) is 21.0. The molecule has 3 rings (SSSR count). The lowest BCUT2D eigenvalue weighted by molar-refractivity contribution is 0.923. The van der Waals surface area contributed by atoms with E-state index in [2.05, 4.69) is 67.5 Å². The highest BCUT2D eigenvalue weighted by atomic mass is 14.9. The maximum absolute atomic E-state index is 3.85. The largest absolute Gasteiger partial charge is 0.359 e. The molecule has 0 saturated heterocycles. The second kappa shape index (κ2) is 17.7. The summed E-state index contributed by atoms with van der Waals surface area (Å²) in [5.41, 5.74) is 7.27. The Bertz CT molecular complexity index is 1030. The molecule has 34 heavy (non-hydrogen) atoms. The summed E-state index contributed by atoms with van der Waals surface area (Å²) in [6, 6.07) is 20.5. The third-order valence-electron chi connectivity index (χ3n) is 4.87. The first-order valence-corrected chi connectivity index (χ1v) is 11.9. The van der Waals surface area contributed by atoms with Crippen LogP contribution in [-0.4, -0.2) is 0 Å². The van der Waals surface area contributed by atoms with Crippen molar-refractivity contribution >= 4 is 11.3 Å². The molecule has 0 unspecified atom stereocenters. The fourth-order valence-corrected chi connectivity index (χ4v) is 3.31. The minimum Gasteiger partial charge on any atom is -0.359 e. The summed E-state index contributed by atoms with van der Waals surface area (Å²) in [5, 5.41) is 3.44. The summed E-state index contributed by atoms with van der Waals surface area (Å²) in [6.07, 6.45) is 20.0. The van der Waals surface area contributed by atoms with Crippen LogP contribution in [0.5, 0.6) is 0 Å². The van der Waals surface area contributed by atoms with E-state index in [-0.39, 0.29) is 0 Å². The summed E-state index contributed by atoms with van der Waals surface area (Å²) >= 11 is 0. The fourth-order valence-electron chi connectivity index (χ4n) is 3.31. The van der Waals surface area contributed by atoms with Gasteiger partial charge in [-0.15, -0.1) is 0 Å². The Morgan fingerprint density at radius 2 is 1.35 bits per heavy atom. The number of hydrogen-bond acceptors (Lipinski definition) is 1. The number of allylic oxidation sites excluding steroid dienone is 13. The molecule has 0 heterocycles. The van der Waals surface area contributed by atoms with E-state index in [1.807, 2.05) is 87.5 Å². The van der Waals surface area contributed by atoms with E-state index in [1.165, 1.54) is 22.4 Å². The second-order valence-corrected chi connectivity index (χ2v) is 7.16. The monoisotopic (exact) mass is 449 g/mol. The summed E-state index contributed by atoms with van der Waals surface area (Å²) < 4.78 is 0. The zero-order valence-corrected chi connectivity index (χ0v) is 21.0. The Morgan fingerprint density at radius 3 is 1.85 bits per heavy atom. The van der Waals surface area contributed by atoms with Gasteiger partial charge in [0.2, 0.25) is 0 Å². The minimum absolute atomic E-state index is 1.02. The summed E-state index contributed by atoms with van der Waals surface area (Å²) in [7, 11) is 0. The van der Waals surface area contributed by atoms with E-state index in [9.17, 15) is 0 Å². The number of para-hydroxylation sites is 1. The van der Waals surface area contributed by atoms with Crippen LogP contribution >= 0.6 is 0 Å². The van der Waals surface area contributed by atoms with Gasteiger partial charge in [-0.05, 0) is 60.3 Å². The van der Waals surface area contributed by atoms with Crippen molar-refractivity contribution in [2.45, 2.75) is 33.6 Å². The molecule has 2 aromatic carbocycles. The average molecular weight is 450 g/mol. The second-order valence-electron chi connectivity index (χ2n) is 7.16. The van der Waals surface area contributed by atoms with Gasteiger partial charge in [0.05, 0.1) is 0 Å². The fraction of sp³-hybridized carbons (Fsp3) is 0.152. The number of rotatable bonds is 8. The van der Waals surface area contributed by atoms with Gasteiger partial charge < -0.3 is 5.32 Å². The van der Waals surface area contributed by atoms with Crippen LogP contribution in [0.2, 0.25) is 0 Å². The quantitative estimate of drug-likeness (QED) is 0.395. The normalized spacial score (nSPS) is 13.3. The summed E-state index contributed by atoms with van der Waals surface area (Å²) in [5.74, 6) is 0. The van der Waals surface area contributed by atoms with E-state index >= 15 is 0 Å². The van der Waals surface area contributed by atoms with Gasteiger partial charge in [-0.2, -0.15) is 0 Å². The Balaban J connectivity index is 0.000000337. The van der Waals surface area contributed by atoms with E-state index in [1.54, 1.807) is 6.08 Å². The van der Waals surface area contributed by atoms with Crippen molar-refractivity contribution in [3.8, 4) is 0 Å². The predicted octanol–water partition coefficient (Wildman–Crippen LogP) is 9.86. The molecule has 1 heteroatoms. The van der Waals surface area contributed by atoms with Gasteiger partial charge in [0.15, 0.2) is 0 Å². The van der Waals surface area contributed by atoms with Crippen LogP contribution in [-0.2, 0) is 0 Å². The van der Waals surface area contributed by atoms with Crippen molar-refractivity contribution in [1.82, 2.24) is 0 Å². The molecule has 0 radical (unpaired) electrons. The standard InChI is InChI=1S/C18H19N.C13H14.C2H6/c1-3-8-15(4-2)16-11-13-18(14-12-16)19-17-9-6-5-7-10-17;1-3-8-12(9-4-2)13-10-6-5-7-11-13;1-2/h3-11,13,19H,1-2,12,14H2;3-11H,1H2,2H3;1-2H3/b15-8+;9-4-,12-8+;. The highest BCUT2D eigenvalue weighted by molar-refractivity contribution is 5.74. The molecule has 0 bridgehead atoms. The maximum atomic E-state index is 3.85. The molecule has 1 N–H and O–H groups in total. The molecular weight excluding hydrogens is 410 g/mol. The molecule has 0 spiro atoms. The predicted molar refractivity (Wildman–Crippen MR) is 155 cm³/mol. The zero-order chi connectivity index (χ0) is 25.0. The van der Waals surface area contributed by atoms with E-state index in [0.717, 1.165) is 24.1 Å². The van der Waals surface area contributed by atoms with Gasteiger partial charge in [0.1, 0.15) is 0 Å². The van der Waals surface area contributed by atoms with Crippen molar-refractivity contribution in [2.75, 3.05) is 5.32 Å². The maximum Gasteiger partial charge on any atom is 0.0381 e. The summed E-state index contributed by atoms with van der Waals surface area (Å²) in [4.78, 5) is 0. The molecule has 0 saturated carbocycles. The molecular formula is C33H39N. The van der Waals surface area contributed by atoms with Crippen molar-refractivity contribution in [3.63, 3.8) is 0 Å². The molecule has 0 aromatic heterocycles. The van der Waals surface area contributed by atoms with E-state index in [0.29, 0.717) is 0 Å². The van der Waals surface area contributed by atoms with Crippen LogP contribution in [0.25, 0.3) is 5.57 Å². The van der Waals surface area contributed by atoms with Gasteiger partial charge >= 0.3 is 0 Å². The lowest BCUT2D eigenvalue weighted by Gasteiger charge is -2.17. The topological polar surface area (TPSA) is 12.0 Å². The third-order valence-corrected chi connectivity index (χ3v) is 4.87. The highest BCUT2D eigenvalue weighted by Crippen LogP contribution is 2.25. The van der Waals surface area contributed by atoms with Gasteiger partial charge in [-0.1, -0.05) is 131 Å². The molecule has 0 aliphatic heterocycles. The van der Waals surface area contributed by atoms with Crippen molar-refractivity contribution in [1.29, 1.82) is 0 Å². The van der Waals surface area contributed by atoms with Crippen LogP contribution in [0.3, 0.4) is 0 Å². The van der Waals surface area contributed by atoms with Crippen LogP contribution in [0.4, 0.5) is 5.69 Å². The number of benzene rings is 2. The first-order chi connectivity index (χ1) is 16.7. The average Bonchev–Trinajstić information content (AvgIpc) is 2.90. The molecule has 1 aliphatic carbocycles. The van der Waals surface area contributed by atoms with Crippen LogP contribution in [0.15, 0.2) is 152 Å². The Kier molecular flexibility index (Phi) is 14.7. The van der Waals surface area contributed by atoms with Gasteiger partial charge in [-0.3, -0.25) is 0 Å². The third kappa shape index (κ3) is 10.2. The van der Waals surface area contributed by atoms with Crippen molar-refractivity contribution in [2.24, 2.45) is 0 Å². The molecule has 1 aliphatic rings. The number of nitrogens with one attached hydrogen (secondary N) is 1. The number of anilines is 1. The molecule has 2 aromatic rings. The van der Waals surface area contributed by atoms with Crippen LogP contribution in [0, 0.1) is 0 Å². The first kappa shape index (κ1) is 28.2. The number of hydrogen-bond donors (Lipinski definition) is 1. The van der Waals surface area contributed by atoms with Crippen LogP contribution in [0.1, 0.15) is 39.2 Å². The smallest absolute Gasteiger partial charge is 0.0381 e. The van der Waals surface area contributed by atoms with Crippen LogP contribution < -0.4 is 5.32 Å². The molecule has 0 fully saturated rings. The lowest BCUT2D eigenvalue weighted by atomic mass is 9.95. The van der Waals surface area contributed by atoms with Gasteiger partial charge in [0, 0.05) is 11.4 Å². The lowest BCUT2D eigenvalue weighted by Crippen LogP contribution is -2.03. The molecule has 0 amide bonds. The Hall–Kier alpha value is -3.84. The van der Waals surface area contributed by atoms with Gasteiger partial charge in [-0.25, -0.2) is 0 Å². The van der Waals surface area contributed by atoms with Crippen molar-refractivity contribution < 1.29 is 0 Å². The molecule has 176 valence electrons. The van der Waals surface area contributed by atoms with E-state index in [4.69, 9.17) is 0 Å². The van der Waals surface area contributed by atoms with E-state index < -0.39 is 0 Å². The summed E-state index contributed by atoms with van der Waals surface area (Å²) in [6.45, 7) is 17.3. The van der Waals surface area contributed by atoms with Gasteiger partial charge in [0.25, 0.3) is 0 Å². The highest BCUT2D eigenvalue weighted by Gasteiger charge is 2.08. The molecule has 0 atom stereocenters. The first-order valence-electron chi connectivity index (χ1n) is 11.9.